The highest BCUT2D eigenvalue weighted by Gasteiger charge is 2.02. The fourth-order valence-electron chi connectivity index (χ4n) is 1.41. The summed E-state index contributed by atoms with van der Waals surface area (Å²) in [6, 6.07) is 8.49. The molecule has 0 spiro atoms. The van der Waals surface area contributed by atoms with Gasteiger partial charge in [-0.1, -0.05) is 12.1 Å². The zero-order valence-corrected chi connectivity index (χ0v) is 9.21. The number of rotatable bonds is 4. The molecule has 2 N–H and O–H groups in total. The Bertz CT molecular complexity index is 477. The third-order valence-corrected chi connectivity index (χ3v) is 2.29. The first-order valence-electron chi connectivity index (χ1n) is 5.26. The van der Waals surface area contributed by atoms with Gasteiger partial charge in [0.2, 0.25) is 5.91 Å². The average Bonchev–Trinajstić information content (AvgIpc) is 2.81. The van der Waals surface area contributed by atoms with Gasteiger partial charge in [-0.15, -0.1) is 0 Å². The van der Waals surface area contributed by atoms with Crippen LogP contribution in [0.1, 0.15) is 5.56 Å². The zero-order chi connectivity index (χ0) is 12.1. The third-order valence-electron chi connectivity index (χ3n) is 2.29. The van der Waals surface area contributed by atoms with E-state index >= 15 is 0 Å². The number of hydrogen-bond acceptors (Lipinski definition) is 3. The number of phenolic OH excluding ortho intramolecular Hbond substituents is 1. The van der Waals surface area contributed by atoms with Crippen LogP contribution in [0.4, 0.5) is 0 Å². The number of hydrogen-bond donors (Lipinski definition) is 2. The summed E-state index contributed by atoms with van der Waals surface area (Å²) in [5.41, 5.74) is 0.941. The third kappa shape index (κ3) is 3.34. The van der Waals surface area contributed by atoms with Crippen LogP contribution in [-0.4, -0.2) is 20.8 Å². The van der Waals surface area contributed by atoms with Gasteiger partial charge < -0.3 is 10.4 Å². The minimum Gasteiger partial charge on any atom is -0.508 e. The Balaban J connectivity index is 1.82. The van der Waals surface area contributed by atoms with Crippen molar-refractivity contribution in [2.45, 2.75) is 13.1 Å². The zero-order valence-electron chi connectivity index (χ0n) is 9.21. The predicted molar refractivity (Wildman–Crippen MR) is 62.2 cm³/mol. The smallest absolute Gasteiger partial charge is 0.241 e. The summed E-state index contributed by atoms with van der Waals surface area (Å²) in [5, 5.41) is 15.8. The van der Waals surface area contributed by atoms with Gasteiger partial charge >= 0.3 is 0 Å². The monoisotopic (exact) mass is 231 g/mol. The fourth-order valence-corrected chi connectivity index (χ4v) is 1.41. The van der Waals surface area contributed by atoms with Gasteiger partial charge in [-0.3, -0.25) is 9.48 Å². The quantitative estimate of drug-likeness (QED) is 0.821. The van der Waals surface area contributed by atoms with E-state index in [0.717, 1.165) is 5.56 Å². The number of aromatic nitrogens is 2. The summed E-state index contributed by atoms with van der Waals surface area (Å²) in [5.74, 6) is 0.124. The molecule has 1 amide bonds. The molecule has 0 saturated heterocycles. The van der Waals surface area contributed by atoms with Crippen LogP contribution in [-0.2, 0) is 17.9 Å². The molecule has 1 aromatic carbocycles. The lowest BCUT2D eigenvalue weighted by atomic mass is 10.2. The minimum atomic E-state index is -0.0956. The van der Waals surface area contributed by atoms with Crippen molar-refractivity contribution in [2.75, 3.05) is 0 Å². The molecular weight excluding hydrogens is 218 g/mol. The largest absolute Gasteiger partial charge is 0.508 e. The number of carbonyl (C=O) groups excluding carboxylic acids is 1. The van der Waals surface area contributed by atoms with Gasteiger partial charge in [0.1, 0.15) is 12.3 Å². The lowest BCUT2D eigenvalue weighted by Gasteiger charge is -2.05. The molecule has 0 aliphatic rings. The highest BCUT2D eigenvalue weighted by Crippen LogP contribution is 2.08. The molecule has 0 unspecified atom stereocenters. The van der Waals surface area contributed by atoms with Gasteiger partial charge in [-0.25, -0.2) is 0 Å². The van der Waals surface area contributed by atoms with Crippen LogP contribution >= 0.6 is 0 Å². The summed E-state index contributed by atoms with van der Waals surface area (Å²) in [6.07, 6.45) is 3.37. The molecule has 0 saturated carbocycles. The van der Waals surface area contributed by atoms with Gasteiger partial charge in [0.15, 0.2) is 0 Å². The second-order valence-corrected chi connectivity index (χ2v) is 3.65. The molecule has 88 valence electrons. The standard InChI is InChI=1S/C12H13N3O2/c16-11-4-2-10(3-5-11)8-13-12(17)9-15-7-1-6-14-15/h1-7,16H,8-9H2,(H,13,17). The van der Waals surface area contributed by atoms with Gasteiger partial charge in [0.25, 0.3) is 0 Å². The Morgan fingerprint density at radius 2 is 2.12 bits per heavy atom. The van der Waals surface area contributed by atoms with E-state index in [2.05, 4.69) is 10.4 Å². The van der Waals surface area contributed by atoms with E-state index in [4.69, 9.17) is 5.11 Å². The molecule has 0 radical (unpaired) electrons. The van der Waals surface area contributed by atoms with Crippen molar-refractivity contribution < 1.29 is 9.90 Å². The Kier molecular flexibility index (Phi) is 3.40. The highest BCUT2D eigenvalue weighted by atomic mass is 16.3. The van der Waals surface area contributed by atoms with Gasteiger partial charge in [-0.05, 0) is 23.8 Å². The maximum Gasteiger partial charge on any atom is 0.241 e. The summed E-state index contributed by atoms with van der Waals surface area (Å²) in [4.78, 5) is 11.5. The molecule has 0 fully saturated rings. The lowest BCUT2D eigenvalue weighted by Crippen LogP contribution is -2.27. The molecule has 0 atom stereocenters. The number of aromatic hydroxyl groups is 1. The van der Waals surface area contributed by atoms with Crippen molar-refractivity contribution in [3.05, 3.63) is 48.3 Å². The van der Waals surface area contributed by atoms with Crippen LogP contribution in [0.2, 0.25) is 0 Å². The molecule has 1 aromatic heterocycles. The first kappa shape index (κ1) is 11.2. The lowest BCUT2D eigenvalue weighted by molar-refractivity contribution is -0.122. The normalized spacial score (nSPS) is 10.1. The molecular formula is C12H13N3O2. The molecule has 2 rings (SSSR count). The average molecular weight is 231 g/mol. The Morgan fingerprint density at radius 1 is 1.35 bits per heavy atom. The number of nitrogens with one attached hydrogen (secondary N) is 1. The highest BCUT2D eigenvalue weighted by molar-refractivity contribution is 5.75. The molecule has 5 nitrogen and oxygen atoms in total. The Morgan fingerprint density at radius 3 is 2.76 bits per heavy atom. The van der Waals surface area contributed by atoms with E-state index in [0.29, 0.717) is 6.54 Å². The van der Waals surface area contributed by atoms with Crippen LogP contribution in [0.5, 0.6) is 5.75 Å². The molecule has 5 heteroatoms. The van der Waals surface area contributed by atoms with Crippen molar-refractivity contribution >= 4 is 5.91 Å². The van der Waals surface area contributed by atoms with Crippen LogP contribution < -0.4 is 5.32 Å². The summed E-state index contributed by atoms with van der Waals surface area (Å²) >= 11 is 0. The summed E-state index contributed by atoms with van der Waals surface area (Å²) in [6.45, 7) is 0.658. The molecule has 0 aliphatic heterocycles. The molecule has 1 heterocycles. The Hall–Kier alpha value is -2.30. The number of phenols is 1. The maximum absolute atomic E-state index is 11.5. The van der Waals surface area contributed by atoms with Crippen LogP contribution in [0.25, 0.3) is 0 Å². The molecule has 0 aliphatic carbocycles. The molecule has 0 bridgehead atoms. The predicted octanol–water partition coefficient (Wildman–Crippen LogP) is 0.905. The van der Waals surface area contributed by atoms with Crippen LogP contribution in [0.3, 0.4) is 0 Å². The van der Waals surface area contributed by atoms with E-state index in [-0.39, 0.29) is 18.2 Å². The van der Waals surface area contributed by atoms with Crippen molar-refractivity contribution in [1.29, 1.82) is 0 Å². The van der Waals surface area contributed by atoms with Crippen molar-refractivity contribution in [1.82, 2.24) is 15.1 Å². The molecule has 17 heavy (non-hydrogen) atoms. The summed E-state index contributed by atoms with van der Waals surface area (Å²) < 4.78 is 1.56. The van der Waals surface area contributed by atoms with Crippen molar-refractivity contribution in [3.63, 3.8) is 0 Å². The van der Waals surface area contributed by atoms with Crippen molar-refractivity contribution in [3.8, 4) is 5.75 Å². The second kappa shape index (κ2) is 5.16. The number of amides is 1. The van der Waals surface area contributed by atoms with E-state index in [9.17, 15) is 4.79 Å². The van der Waals surface area contributed by atoms with E-state index in [1.165, 1.54) is 0 Å². The number of carbonyl (C=O) groups is 1. The first-order valence-corrected chi connectivity index (χ1v) is 5.26. The summed E-state index contributed by atoms with van der Waals surface area (Å²) in [7, 11) is 0. The molecule has 2 aromatic rings. The van der Waals surface area contributed by atoms with Crippen LogP contribution in [0.15, 0.2) is 42.7 Å². The fraction of sp³-hybridized carbons (Fsp3) is 0.167. The number of nitrogens with zero attached hydrogens (tertiary/aromatic N) is 2. The van der Waals surface area contributed by atoms with Gasteiger partial charge in [0, 0.05) is 18.9 Å². The second-order valence-electron chi connectivity index (χ2n) is 3.65. The first-order chi connectivity index (χ1) is 8.24. The van der Waals surface area contributed by atoms with Gasteiger partial charge in [0.05, 0.1) is 0 Å². The van der Waals surface area contributed by atoms with E-state index in [1.807, 2.05) is 0 Å². The van der Waals surface area contributed by atoms with E-state index in [1.54, 1.807) is 47.4 Å². The minimum absolute atomic E-state index is 0.0956. The van der Waals surface area contributed by atoms with Gasteiger partial charge in [-0.2, -0.15) is 5.10 Å². The van der Waals surface area contributed by atoms with Crippen molar-refractivity contribution in [2.24, 2.45) is 0 Å². The SMILES string of the molecule is O=C(Cn1cccn1)NCc1ccc(O)cc1. The van der Waals surface area contributed by atoms with E-state index < -0.39 is 0 Å². The van der Waals surface area contributed by atoms with Crippen LogP contribution in [0, 0.1) is 0 Å². The number of benzene rings is 1. The topological polar surface area (TPSA) is 67.2 Å². The maximum atomic E-state index is 11.5. The Labute approximate surface area is 98.7 Å².